The van der Waals surface area contributed by atoms with Gasteiger partial charge in [-0.05, 0) is 85.9 Å². The number of allylic oxidation sites excluding steroid dienone is 1. The molecule has 5 rings (SSSR count). The van der Waals surface area contributed by atoms with Crippen LogP contribution in [0.25, 0.3) is 0 Å². The molecule has 2 aromatic carbocycles. The van der Waals surface area contributed by atoms with Crippen molar-refractivity contribution in [2.75, 3.05) is 67.0 Å². The van der Waals surface area contributed by atoms with Crippen molar-refractivity contribution in [3.63, 3.8) is 0 Å². The second kappa shape index (κ2) is 22.6. The number of ether oxygens (including phenoxy) is 6. The lowest BCUT2D eigenvalue weighted by atomic mass is 9.55. The molecule has 2 aliphatic carbocycles. The molecule has 1 amide bonds. The van der Waals surface area contributed by atoms with Crippen LogP contribution in [0.4, 0.5) is 4.79 Å². The highest BCUT2D eigenvalue weighted by atomic mass is 16.7. The average molecular weight is 821 g/mol. The maximum Gasteiger partial charge on any atom is 0.410 e. The Kier molecular flexibility index (Phi) is 17.4. The van der Waals surface area contributed by atoms with Crippen molar-refractivity contribution in [2.24, 2.45) is 22.9 Å². The zero-order chi connectivity index (χ0) is 42.2. The van der Waals surface area contributed by atoms with Crippen molar-refractivity contribution < 1.29 is 58.2 Å². The lowest BCUT2D eigenvalue weighted by Gasteiger charge is -2.59. The topological polar surface area (TPSA) is 175 Å². The smallest absolute Gasteiger partial charge is 0.410 e. The summed E-state index contributed by atoms with van der Waals surface area (Å²) in [6.07, 6.45) is 10.7. The van der Waals surface area contributed by atoms with Crippen LogP contribution in [0, 0.1) is 17.8 Å². The third-order valence-corrected chi connectivity index (χ3v) is 11.3. The Hall–Kier alpha value is -4.73. The van der Waals surface area contributed by atoms with Gasteiger partial charge in [-0.25, -0.2) is 4.79 Å². The minimum atomic E-state index is -1.50. The first-order valence-electron chi connectivity index (χ1n) is 20.5. The number of oxime groups is 1. The third kappa shape index (κ3) is 10.5. The molecule has 3 aliphatic rings. The number of rotatable bonds is 25. The van der Waals surface area contributed by atoms with Crippen molar-refractivity contribution in [3.8, 4) is 23.0 Å². The van der Waals surface area contributed by atoms with Gasteiger partial charge in [0.05, 0.1) is 57.3 Å². The van der Waals surface area contributed by atoms with Gasteiger partial charge in [-0.2, -0.15) is 0 Å². The number of fused-ring (bicyclic) bond motifs is 2. The van der Waals surface area contributed by atoms with E-state index in [2.05, 4.69) is 24.4 Å². The summed E-state index contributed by atoms with van der Waals surface area (Å²) in [5.41, 5.74) is 2.72. The van der Waals surface area contributed by atoms with Crippen LogP contribution in [0.5, 0.6) is 23.0 Å². The van der Waals surface area contributed by atoms with E-state index in [0.717, 1.165) is 43.1 Å². The monoisotopic (exact) mass is 820 g/mol. The van der Waals surface area contributed by atoms with Crippen molar-refractivity contribution >= 4 is 18.1 Å². The number of methoxy groups -OCH3 is 1. The predicted molar refractivity (Wildman–Crippen MR) is 221 cm³/mol. The molecule has 14 nitrogen and oxygen atoms in total. The highest BCUT2D eigenvalue weighted by molar-refractivity contribution is 6.03. The number of aldehydes is 1. The molecule has 0 aromatic heterocycles. The van der Waals surface area contributed by atoms with E-state index in [9.17, 15) is 24.9 Å². The lowest BCUT2D eigenvalue weighted by molar-refractivity contribution is -0.256. The maximum absolute atomic E-state index is 14.2. The number of aliphatic hydroxyl groups is 3. The highest BCUT2D eigenvalue weighted by Gasteiger charge is 2.65. The molecule has 0 bridgehead atoms. The Morgan fingerprint density at radius 1 is 0.966 bits per heavy atom. The third-order valence-electron chi connectivity index (χ3n) is 11.3. The second-order valence-corrected chi connectivity index (χ2v) is 14.8. The van der Waals surface area contributed by atoms with Crippen LogP contribution in [-0.4, -0.2) is 117 Å². The summed E-state index contributed by atoms with van der Waals surface area (Å²) >= 11 is 0. The van der Waals surface area contributed by atoms with E-state index in [1.807, 2.05) is 12.1 Å². The molecule has 59 heavy (non-hydrogen) atoms. The first kappa shape index (κ1) is 45.4. The number of carbonyl (C=O) groups is 2. The van der Waals surface area contributed by atoms with Gasteiger partial charge in [0.25, 0.3) is 0 Å². The molecule has 6 unspecified atom stereocenters. The summed E-state index contributed by atoms with van der Waals surface area (Å²) in [4.78, 5) is 33.2. The summed E-state index contributed by atoms with van der Waals surface area (Å²) in [6, 6.07) is 9.83. The Balaban J connectivity index is 1.74. The molecule has 322 valence electrons. The Bertz CT molecular complexity index is 1780. The molecule has 1 saturated carbocycles. The number of hydrogen-bond acceptors (Lipinski definition) is 13. The number of amides is 1. The summed E-state index contributed by atoms with van der Waals surface area (Å²) in [5.74, 6) is -0.376. The first-order valence-corrected chi connectivity index (χ1v) is 20.5. The molecule has 0 radical (unpaired) electrons. The predicted octanol–water partition coefficient (Wildman–Crippen LogP) is 6.59. The Morgan fingerprint density at radius 3 is 2.42 bits per heavy atom. The van der Waals surface area contributed by atoms with Crippen LogP contribution in [0.1, 0.15) is 73.2 Å². The SMILES string of the molecule is C=CCCOC(=O)N(CCOCCO)C1CC(=NOC)C2=CC(CCCCO)C(CCCCO)C3c4cc(Oc5ccc(OC)c(C=O)c5)ccc4OC1(OCC=C)C23. The van der Waals surface area contributed by atoms with Crippen LogP contribution in [-0.2, 0) is 19.0 Å². The molecule has 3 N–H and O–H groups in total. The molecule has 1 heterocycles. The van der Waals surface area contributed by atoms with E-state index in [1.54, 1.807) is 41.3 Å². The van der Waals surface area contributed by atoms with Gasteiger partial charge in [0.1, 0.15) is 36.1 Å². The number of benzene rings is 2. The molecular formula is C45H60N2O12. The van der Waals surface area contributed by atoms with Crippen LogP contribution < -0.4 is 14.2 Å². The fraction of sp³-hybridized carbons (Fsp3) is 0.533. The molecule has 0 saturated heterocycles. The van der Waals surface area contributed by atoms with Crippen LogP contribution >= 0.6 is 0 Å². The number of nitrogens with zero attached hydrogens (tertiary/aromatic N) is 2. The molecule has 0 spiro atoms. The largest absolute Gasteiger partial charge is 0.496 e. The zero-order valence-corrected chi connectivity index (χ0v) is 34.3. The van der Waals surface area contributed by atoms with Gasteiger partial charge in [-0.3, -0.25) is 9.69 Å². The average Bonchev–Trinajstić information content (AvgIpc) is 3.25. The van der Waals surface area contributed by atoms with Gasteiger partial charge in [0.2, 0.25) is 5.79 Å². The van der Waals surface area contributed by atoms with Crippen molar-refractivity contribution in [2.45, 2.75) is 69.1 Å². The maximum atomic E-state index is 14.2. The van der Waals surface area contributed by atoms with E-state index >= 15 is 0 Å². The van der Waals surface area contributed by atoms with Crippen molar-refractivity contribution in [1.29, 1.82) is 0 Å². The second-order valence-electron chi connectivity index (χ2n) is 14.8. The fourth-order valence-electron chi connectivity index (χ4n) is 8.84. The fourth-order valence-corrected chi connectivity index (χ4v) is 8.84. The minimum Gasteiger partial charge on any atom is -0.496 e. The first-order chi connectivity index (χ1) is 28.8. The van der Waals surface area contributed by atoms with Gasteiger partial charge in [-0.15, -0.1) is 13.2 Å². The molecule has 1 fully saturated rings. The van der Waals surface area contributed by atoms with Crippen molar-refractivity contribution in [3.05, 3.63) is 84.5 Å². The normalized spacial score (nSPS) is 23.5. The summed E-state index contributed by atoms with van der Waals surface area (Å²) in [7, 11) is 2.99. The number of unbranched alkanes of at least 4 members (excludes halogenated alkanes) is 2. The van der Waals surface area contributed by atoms with Gasteiger partial charge in [0.15, 0.2) is 6.29 Å². The van der Waals surface area contributed by atoms with Gasteiger partial charge in [0, 0.05) is 37.7 Å². The van der Waals surface area contributed by atoms with E-state index in [4.69, 9.17) is 33.3 Å². The van der Waals surface area contributed by atoms with Crippen molar-refractivity contribution in [1.82, 2.24) is 4.90 Å². The van der Waals surface area contributed by atoms with E-state index in [0.29, 0.717) is 53.5 Å². The molecule has 2 aromatic rings. The molecule has 6 atom stereocenters. The summed E-state index contributed by atoms with van der Waals surface area (Å²) < 4.78 is 37.4. The number of hydrogen-bond donors (Lipinski definition) is 3. The lowest BCUT2D eigenvalue weighted by Crippen LogP contribution is -2.70. The Morgan fingerprint density at radius 2 is 1.73 bits per heavy atom. The van der Waals surface area contributed by atoms with E-state index in [1.165, 1.54) is 14.2 Å². The number of aliphatic hydroxyl groups excluding tert-OH is 3. The van der Waals surface area contributed by atoms with E-state index < -0.39 is 23.8 Å². The van der Waals surface area contributed by atoms with Crippen LogP contribution in [0.15, 0.2) is 78.5 Å². The van der Waals surface area contributed by atoms with Crippen LogP contribution in [0.2, 0.25) is 0 Å². The standard InChI is InChI=1S/C45H60N2O12/c1-5-7-23-56-44(52)47(18-24-55-25-21-50)41-29-38(46-54-4)36-27-31(12-8-10-19-48)35(13-9-11-20-49)42-37-28-34(58-33-14-16-39(53-3)32(26-33)30-51)15-17-40(37)59-45(41,43(36)42)57-22-6-2/h5-6,14-17,26-28,30-31,35,41-43,48-50H,1-2,7-13,18-25,29H2,3-4H3. The van der Waals surface area contributed by atoms with Gasteiger partial charge in [-0.1, -0.05) is 36.2 Å². The summed E-state index contributed by atoms with van der Waals surface area (Å²) in [5, 5.41) is 33.8. The van der Waals surface area contributed by atoms with Crippen LogP contribution in [0.3, 0.4) is 0 Å². The number of carbonyl (C=O) groups excluding carboxylic acids is 2. The quantitative estimate of drug-likeness (QED) is 0.0425. The van der Waals surface area contributed by atoms with Gasteiger partial charge >= 0.3 is 6.09 Å². The van der Waals surface area contributed by atoms with Gasteiger partial charge < -0.3 is 48.6 Å². The van der Waals surface area contributed by atoms with E-state index in [-0.39, 0.29) is 77.0 Å². The molecule has 1 aliphatic heterocycles. The Labute approximate surface area is 347 Å². The minimum absolute atomic E-state index is 0.00956. The molecular weight excluding hydrogens is 760 g/mol. The molecule has 14 heteroatoms. The highest BCUT2D eigenvalue weighted by Crippen LogP contribution is 2.62. The zero-order valence-electron chi connectivity index (χ0n) is 34.3. The summed E-state index contributed by atoms with van der Waals surface area (Å²) in [6.45, 7) is 8.17.